The number of hydrogen-bond donors (Lipinski definition) is 2. The topological polar surface area (TPSA) is 107 Å². The summed E-state index contributed by atoms with van der Waals surface area (Å²) in [4.78, 5) is 59.7. The fourth-order valence-electron chi connectivity index (χ4n) is 8.51. The molecule has 0 unspecified atom stereocenters. The van der Waals surface area contributed by atoms with Gasteiger partial charge in [-0.25, -0.2) is 8.78 Å². The van der Waals surface area contributed by atoms with E-state index >= 15 is 9.18 Å². The normalized spacial score (nSPS) is 27.6. The minimum Gasteiger partial charge on any atom is -0.505 e. The van der Waals surface area contributed by atoms with Crippen molar-refractivity contribution in [2.45, 2.75) is 30.7 Å². The Morgan fingerprint density at radius 1 is 0.918 bits per heavy atom. The van der Waals surface area contributed by atoms with Crippen molar-refractivity contribution < 1.29 is 33.1 Å². The van der Waals surface area contributed by atoms with Crippen molar-refractivity contribution in [2.75, 3.05) is 5.43 Å². The number of carbonyl (C=O) groups is 4. The molecule has 0 spiro atoms. The third-order valence-corrected chi connectivity index (χ3v) is 11.7. The largest absolute Gasteiger partial charge is 0.505 e. The Bertz CT molecular complexity index is 2050. The lowest BCUT2D eigenvalue weighted by Crippen LogP contribution is -2.53. The van der Waals surface area contributed by atoms with Crippen LogP contribution in [-0.4, -0.2) is 38.6 Å². The molecule has 12 heteroatoms. The molecule has 8 rings (SSSR count). The van der Waals surface area contributed by atoms with Crippen LogP contribution in [0.5, 0.6) is 5.75 Å². The summed E-state index contributed by atoms with van der Waals surface area (Å²) in [5, 5.41) is 13.4. The second-order valence-corrected chi connectivity index (χ2v) is 14.4. The maximum atomic E-state index is 15.2. The molecule has 6 atom stereocenters. The van der Waals surface area contributed by atoms with Gasteiger partial charge in [0.25, 0.3) is 11.8 Å². The molecule has 2 aliphatic heterocycles. The van der Waals surface area contributed by atoms with Gasteiger partial charge >= 0.3 is 0 Å². The number of benzene rings is 3. The minimum absolute atomic E-state index is 0.0602. The van der Waals surface area contributed by atoms with Gasteiger partial charge in [-0.2, -0.15) is 5.01 Å². The van der Waals surface area contributed by atoms with E-state index < -0.39 is 64.2 Å². The summed E-state index contributed by atoms with van der Waals surface area (Å²) < 4.78 is 29.0. The van der Waals surface area contributed by atoms with Gasteiger partial charge in [0.1, 0.15) is 5.82 Å². The number of aromatic hydroxyl groups is 1. The molecule has 8 nitrogen and oxygen atoms in total. The molecule has 2 N–H and O–H groups in total. The van der Waals surface area contributed by atoms with Gasteiger partial charge in [0, 0.05) is 15.8 Å². The number of nitrogens with zero attached hydrogens (tertiary/aromatic N) is 2. The number of imide groups is 2. The van der Waals surface area contributed by atoms with Crippen molar-refractivity contribution in [1.82, 2.24) is 9.91 Å². The fraction of sp³-hybridized carbons (Fsp3) is 0.243. The van der Waals surface area contributed by atoms with E-state index in [1.54, 1.807) is 24.3 Å². The molecule has 3 fully saturated rings. The lowest BCUT2D eigenvalue weighted by Gasteiger charge is -2.50. The Morgan fingerprint density at radius 3 is 2.37 bits per heavy atom. The number of hydrazine groups is 1. The van der Waals surface area contributed by atoms with E-state index in [0.29, 0.717) is 21.7 Å². The molecule has 4 aromatic rings. The standard InChI is InChI=1S/C37H28ClF2N3O5S/c38-21-6-4-20(5-7-21)37-28(34(46)43(36(37)48)41-23-10-8-22(39)9-11-23)17-27-25(32(37)19-3-14-30(44)29(40)16-19)12-13-26-31(27)35(47)42(33(26)45)18-24-2-1-15-49-24/h1-12,14-16,26-28,31-32,41,44H,13,17-18H2/t26-,27+,28-,31-,32-,37+/m0/s1. The van der Waals surface area contributed by atoms with Gasteiger partial charge in [0.15, 0.2) is 11.6 Å². The maximum Gasteiger partial charge on any atom is 0.260 e. The first-order chi connectivity index (χ1) is 23.6. The first-order valence-electron chi connectivity index (χ1n) is 15.8. The summed E-state index contributed by atoms with van der Waals surface area (Å²) in [6.07, 6.45) is 2.16. The molecule has 1 aromatic heterocycles. The average molecular weight is 700 g/mol. The van der Waals surface area contributed by atoms with Crippen LogP contribution in [0.4, 0.5) is 14.5 Å². The van der Waals surface area contributed by atoms with Crippen molar-refractivity contribution in [3.05, 3.63) is 129 Å². The zero-order valence-corrected chi connectivity index (χ0v) is 27.3. The summed E-state index contributed by atoms with van der Waals surface area (Å²) in [6, 6.07) is 19.4. The number of anilines is 1. The van der Waals surface area contributed by atoms with E-state index in [4.69, 9.17) is 11.6 Å². The molecule has 0 radical (unpaired) electrons. The molecule has 248 valence electrons. The molecule has 2 aliphatic carbocycles. The molecule has 4 aliphatic rings. The number of hydrogen-bond acceptors (Lipinski definition) is 7. The SMILES string of the molecule is O=C1[C@H]2[C@H](CC=C3[C@H]2C[C@H]2C(=O)N(Nc4ccc(F)cc4)C(=O)[C@@]2(c2ccc(Cl)cc2)[C@H]3c2ccc(O)c(F)c2)C(=O)N1Cc1cccs1. The third-order valence-electron chi connectivity index (χ3n) is 10.5. The molecule has 0 bridgehead atoms. The molecular weight excluding hydrogens is 672 g/mol. The Labute approximate surface area is 288 Å². The molecule has 3 aromatic carbocycles. The number of allylic oxidation sites excluding steroid dienone is 2. The molecule has 3 heterocycles. The van der Waals surface area contributed by atoms with Gasteiger partial charge in [-0.15, -0.1) is 11.3 Å². The van der Waals surface area contributed by atoms with Crippen LogP contribution in [0.2, 0.25) is 5.02 Å². The van der Waals surface area contributed by atoms with Crippen LogP contribution in [0.1, 0.15) is 34.8 Å². The zero-order valence-electron chi connectivity index (χ0n) is 25.7. The van der Waals surface area contributed by atoms with Gasteiger partial charge in [-0.3, -0.25) is 29.5 Å². The summed E-state index contributed by atoms with van der Waals surface area (Å²) in [5.74, 6) is -7.93. The lowest BCUT2D eigenvalue weighted by molar-refractivity contribution is -0.141. The highest BCUT2D eigenvalue weighted by atomic mass is 35.5. The van der Waals surface area contributed by atoms with E-state index in [-0.39, 0.29) is 36.9 Å². The van der Waals surface area contributed by atoms with Crippen molar-refractivity contribution in [1.29, 1.82) is 0 Å². The summed E-state index contributed by atoms with van der Waals surface area (Å²) >= 11 is 7.74. The van der Waals surface area contributed by atoms with E-state index in [9.17, 15) is 23.9 Å². The van der Waals surface area contributed by atoms with Crippen molar-refractivity contribution >= 4 is 52.3 Å². The number of carbonyl (C=O) groups excluding carboxylic acids is 4. The van der Waals surface area contributed by atoms with Crippen molar-refractivity contribution in [2.24, 2.45) is 23.7 Å². The average Bonchev–Trinajstić information content (AvgIpc) is 3.76. The fourth-order valence-corrected chi connectivity index (χ4v) is 9.33. The Balaban J connectivity index is 1.31. The smallest absolute Gasteiger partial charge is 0.260 e. The van der Waals surface area contributed by atoms with Crippen LogP contribution in [0.15, 0.2) is 95.9 Å². The van der Waals surface area contributed by atoms with Crippen molar-refractivity contribution in [3.63, 3.8) is 0 Å². The first kappa shape index (κ1) is 31.4. The predicted molar refractivity (Wildman–Crippen MR) is 177 cm³/mol. The number of halogens is 3. The number of amides is 4. The van der Waals surface area contributed by atoms with E-state index in [2.05, 4.69) is 5.43 Å². The monoisotopic (exact) mass is 699 g/mol. The Morgan fingerprint density at radius 2 is 1.67 bits per heavy atom. The number of nitrogens with one attached hydrogen (secondary N) is 1. The van der Waals surface area contributed by atoms with Crippen LogP contribution < -0.4 is 5.43 Å². The Kier molecular flexibility index (Phi) is 7.45. The minimum atomic E-state index is -1.64. The Hall–Kier alpha value is -4.87. The van der Waals surface area contributed by atoms with Crippen LogP contribution in [0.25, 0.3) is 0 Å². The highest BCUT2D eigenvalue weighted by Gasteiger charge is 2.70. The number of likely N-dealkylation sites (tertiary alicyclic amines) is 1. The highest BCUT2D eigenvalue weighted by Crippen LogP contribution is 2.64. The van der Waals surface area contributed by atoms with Gasteiger partial charge in [0.2, 0.25) is 11.8 Å². The molecular formula is C37H28ClF2N3O5S. The number of fused-ring (bicyclic) bond motifs is 4. The quantitative estimate of drug-likeness (QED) is 0.174. The lowest BCUT2D eigenvalue weighted by atomic mass is 9.49. The van der Waals surface area contributed by atoms with E-state index in [1.807, 2.05) is 23.6 Å². The third kappa shape index (κ3) is 4.74. The predicted octanol–water partition coefficient (Wildman–Crippen LogP) is 6.57. The maximum absolute atomic E-state index is 15.2. The van der Waals surface area contributed by atoms with Crippen molar-refractivity contribution in [3.8, 4) is 5.75 Å². The second-order valence-electron chi connectivity index (χ2n) is 12.9. The van der Waals surface area contributed by atoms with Crippen LogP contribution >= 0.6 is 22.9 Å². The number of phenols is 1. The highest BCUT2D eigenvalue weighted by molar-refractivity contribution is 7.09. The van der Waals surface area contributed by atoms with Gasteiger partial charge in [-0.1, -0.05) is 47.5 Å². The number of thiophene rings is 1. The van der Waals surface area contributed by atoms with Gasteiger partial charge in [-0.05, 0) is 89.9 Å². The molecule has 1 saturated carbocycles. The summed E-state index contributed by atoms with van der Waals surface area (Å²) in [5.41, 5.74) is 2.95. The molecule has 49 heavy (non-hydrogen) atoms. The van der Waals surface area contributed by atoms with Crippen LogP contribution in [0.3, 0.4) is 0 Å². The second kappa shape index (κ2) is 11.6. The number of rotatable bonds is 6. The van der Waals surface area contributed by atoms with Crippen LogP contribution in [-0.2, 0) is 31.1 Å². The van der Waals surface area contributed by atoms with Gasteiger partial charge in [0.05, 0.1) is 35.4 Å². The van der Waals surface area contributed by atoms with E-state index in [0.717, 1.165) is 16.0 Å². The van der Waals surface area contributed by atoms with Gasteiger partial charge < -0.3 is 5.11 Å². The van der Waals surface area contributed by atoms with Crippen LogP contribution in [0, 0.1) is 35.3 Å². The summed E-state index contributed by atoms with van der Waals surface area (Å²) in [7, 11) is 0. The van der Waals surface area contributed by atoms with E-state index in [1.165, 1.54) is 52.6 Å². The molecule has 2 saturated heterocycles. The zero-order chi connectivity index (χ0) is 34.2. The molecule has 4 amide bonds. The summed E-state index contributed by atoms with van der Waals surface area (Å²) in [6.45, 7) is 0.141. The first-order valence-corrected chi connectivity index (χ1v) is 17.1. The number of phenolic OH excluding ortho intramolecular Hbond substituents is 1.